The Morgan fingerprint density at radius 3 is 2.94 bits per heavy atom. The van der Waals surface area contributed by atoms with Gasteiger partial charge in [-0.3, -0.25) is 0 Å². The van der Waals surface area contributed by atoms with Gasteiger partial charge in [0.1, 0.15) is 5.82 Å². The van der Waals surface area contributed by atoms with Crippen LogP contribution < -0.4 is 10.2 Å². The maximum absolute atomic E-state index is 4.67. The van der Waals surface area contributed by atoms with Crippen LogP contribution in [0.2, 0.25) is 0 Å². The van der Waals surface area contributed by atoms with Crippen molar-refractivity contribution in [3.8, 4) is 0 Å². The molecule has 1 aliphatic heterocycles. The molecule has 1 atom stereocenters. The zero-order valence-electron chi connectivity index (χ0n) is 11.8. The average Bonchev–Trinajstić information content (AvgIpc) is 2.36. The Bertz CT molecular complexity index is 376. The summed E-state index contributed by atoms with van der Waals surface area (Å²) in [6.07, 6.45) is 3.90. The summed E-state index contributed by atoms with van der Waals surface area (Å²) in [5.41, 5.74) is 1.11. The highest BCUT2D eigenvalue weighted by atomic mass is 15.2. The monoisotopic (exact) mass is 247 g/mol. The minimum absolute atomic E-state index is 0.555. The fraction of sp³-hybridized carbons (Fsp3) is 0.667. The third kappa shape index (κ3) is 3.45. The first kappa shape index (κ1) is 13.3. The van der Waals surface area contributed by atoms with Crippen molar-refractivity contribution in [3.05, 3.63) is 23.9 Å². The van der Waals surface area contributed by atoms with Crippen molar-refractivity contribution in [2.75, 3.05) is 18.0 Å². The molecule has 1 saturated heterocycles. The summed E-state index contributed by atoms with van der Waals surface area (Å²) in [6, 6.07) is 7.46. The molecule has 0 aliphatic carbocycles. The summed E-state index contributed by atoms with van der Waals surface area (Å²) in [6.45, 7) is 8.68. The van der Waals surface area contributed by atoms with Gasteiger partial charge in [0, 0.05) is 30.9 Å². The van der Waals surface area contributed by atoms with Crippen molar-refractivity contribution >= 4 is 5.82 Å². The van der Waals surface area contributed by atoms with Gasteiger partial charge in [0.05, 0.1) is 0 Å². The number of aromatic nitrogens is 1. The van der Waals surface area contributed by atoms with Gasteiger partial charge in [-0.2, -0.15) is 0 Å². The minimum Gasteiger partial charge on any atom is -0.352 e. The number of nitrogens with one attached hydrogen (secondary N) is 1. The first-order valence-electron chi connectivity index (χ1n) is 7.10. The summed E-state index contributed by atoms with van der Waals surface area (Å²) in [7, 11) is 0. The molecule has 1 fully saturated rings. The standard InChI is InChI=1S/C15H25N3/c1-12(2)16-11-14-8-4-5-10-18(14)15-9-6-7-13(3)17-15/h6-7,9,12,14,16H,4-5,8,10-11H2,1-3H3. The number of hydrogen-bond donors (Lipinski definition) is 1. The SMILES string of the molecule is Cc1cccc(N2CCCCC2CNC(C)C)n1. The molecule has 1 aromatic heterocycles. The normalized spacial score (nSPS) is 20.4. The fourth-order valence-corrected chi connectivity index (χ4v) is 2.57. The Morgan fingerprint density at radius 2 is 2.22 bits per heavy atom. The highest BCUT2D eigenvalue weighted by Crippen LogP contribution is 2.23. The number of hydrogen-bond acceptors (Lipinski definition) is 3. The highest BCUT2D eigenvalue weighted by Gasteiger charge is 2.23. The van der Waals surface area contributed by atoms with Crippen LogP contribution in [0.4, 0.5) is 5.82 Å². The molecule has 3 nitrogen and oxygen atoms in total. The third-order valence-electron chi connectivity index (χ3n) is 3.56. The second kappa shape index (κ2) is 6.19. The molecule has 100 valence electrons. The Morgan fingerprint density at radius 1 is 1.39 bits per heavy atom. The quantitative estimate of drug-likeness (QED) is 0.886. The molecule has 2 heterocycles. The van der Waals surface area contributed by atoms with Gasteiger partial charge in [-0.15, -0.1) is 0 Å². The van der Waals surface area contributed by atoms with Gasteiger partial charge in [0.15, 0.2) is 0 Å². The molecule has 2 rings (SSSR count). The maximum atomic E-state index is 4.67. The van der Waals surface area contributed by atoms with Gasteiger partial charge in [-0.05, 0) is 38.3 Å². The molecule has 1 aliphatic rings. The largest absolute Gasteiger partial charge is 0.352 e. The van der Waals surface area contributed by atoms with Gasteiger partial charge in [0.25, 0.3) is 0 Å². The average molecular weight is 247 g/mol. The van der Waals surface area contributed by atoms with Crippen LogP contribution in [0.15, 0.2) is 18.2 Å². The van der Waals surface area contributed by atoms with Crippen molar-refractivity contribution in [2.24, 2.45) is 0 Å². The number of rotatable bonds is 4. The Labute approximate surface area is 111 Å². The lowest BCUT2D eigenvalue weighted by molar-refractivity contribution is 0.418. The van der Waals surface area contributed by atoms with Crippen LogP contribution >= 0.6 is 0 Å². The Balaban J connectivity index is 2.07. The molecule has 0 radical (unpaired) electrons. The molecule has 1 aromatic rings. The maximum Gasteiger partial charge on any atom is 0.129 e. The highest BCUT2D eigenvalue weighted by molar-refractivity contribution is 5.41. The number of aryl methyl sites for hydroxylation is 1. The molecule has 1 N–H and O–H groups in total. The topological polar surface area (TPSA) is 28.2 Å². The van der Waals surface area contributed by atoms with Gasteiger partial charge in [-0.25, -0.2) is 4.98 Å². The lowest BCUT2D eigenvalue weighted by atomic mass is 10.0. The summed E-state index contributed by atoms with van der Waals surface area (Å²) in [4.78, 5) is 7.15. The smallest absolute Gasteiger partial charge is 0.129 e. The van der Waals surface area contributed by atoms with Crippen molar-refractivity contribution in [1.29, 1.82) is 0 Å². The number of piperidine rings is 1. The molecule has 0 aromatic carbocycles. The van der Waals surface area contributed by atoms with Gasteiger partial charge >= 0.3 is 0 Å². The fourth-order valence-electron chi connectivity index (χ4n) is 2.57. The number of nitrogens with zero attached hydrogens (tertiary/aromatic N) is 2. The van der Waals surface area contributed by atoms with E-state index >= 15 is 0 Å². The predicted molar refractivity (Wildman–Crippen MR) is 77.1 cm³/mol. The zero-order valence-corrected chi connectivity index (χ0v) is 11.8. The van der Waals surface area contributed by atoms with Crippen LogP contribution in [0.5, 0.6) is 0 Å². The summed E-state index contributed by atoms with van der Waals surface area (Å²) in [5, 5.41) is 3.56. The number of anilines is 1. The molecule has 0 saturated carbocycles. The van der Waals surface area contributed by atoms with Crippen molar-refractivity contribution in [1.82, 2.24) is 10.3 Å². The van der Waals surface area contributed by atoms with E-state index in [4.69, 9.17) is 0 Å². The van der Waals surface area contributed by atoms with E-state index in [-0.39, 0.29) is 0 Å². The van der Waals surface area contributed by atoms with E-state index in [0.717, 1.165) is 24.6 Å². The molecular formula is C15H25N3. The molecule has 1 unspecified atom stereocenters. The Kier molecular flexibility index (Phi) is 4.59. The van der Waals surface area contributed by atoms with Crippen LogP contribution in [-0.2, 0) is 0 Å². The van der Waals surface area contributed by atoms with Crippen molar-refractivity contribution < 1.29 is 0 Å². The first-order chi connectivity index (χ1) is 8.66. The van der Waals surface area contributed by atoms with Crippen molar-refractivity contribution in [2.45, 2.75) is 52.1 Å². The summed E-state index contributed by atoms with van der Waals surface area (Å²) in [5.74, 6) is 1.14. The van der Waals surface area contributed by atoms with E-state index in [1.807, 2.05) is 0 Å². The van der Waals surface area contributed by atoms with Gasteiger partial charge < -0.3 is 10.2 Å². The second-order valence-electron chi connectivity index (χ2n) is 5.54. The second-order valence-corrected chi connectivity index (χ2v) is 5.54. The van der Waals surface area contributed by atoms with E-state index in [9.17, 15) is 0 Å². The van der Waals surface area contributed by atoms with Crippen LogP contribution in [0.1, 0.15) is 38.8 Å². The van der Waals surface area contributed by atoms with Crippen LogP contribution in [0.25, 0.3) is 0 Å². The van der Waals surface area contributed by atoms with E-state index in [0.29, 0.717) is 12.1 Å². The number of pyridine rings is 1. The Hall–Kier alpha value is -1.09. The van der Waals surface area contributed by atoms with Crippen LogP contribution in [0, 0.1) is 6.92 Å². The molecule has 0 amide bonds. The lowest BCUT2D eigenvalue weighted by Gasteiger charge is -2.37. The van der Waals surface area contributed by atoms with E-state index in [2.05, 4.69) is 54.2 Å². The van der Waals surface area contributed by atoms with Crippen LogP contribution in [0.3, 0.4) is 0 Å². The molecule has 18 heavy (non-hydrogen) atoms. The predicted octanol–water partition coefficient (Wildman–Crippen LogP) is 2.75. The van der Waals surface area contributed by atoms with E-state index in [1.54, 1.807) is 0 Å². The van der Waals surface area contributed by atoms with Crippen LogP contribution in [-0.4, -0.2) is 30.2 Å². The minimum atomic E-state index is 0.555. The lowest BCUT2D eigenvalue weighted by Crippen LogP contribution is -2.47. The van der Waals surface area contributed by atoms with E-state index < -0.39 is 0 Å². The van der Waals surface area contributed by atoms with Crippen molar-refractivity contribution in [3.63, 3.8) is 0 Å². The zero-order chi connectivity index (χ0) is 13.0. The molecule has 3 heteroatoms. The molecular weight excluding hydrogens is 222 g/mol. The molecule has 0 bridgehead atoms. The molecule has 0 spiro atoms. The van der Waals surface area contributed by atoms with E-state index in [1.165, 1.54) is 19.3 Å². The summed E-state index contributed by atoms with van der Waals surface area (Å²) >= 11 is 0. The van der Waals surface area contributed by atoms with Gasteiger partial charge in [-0.1, -0.05) is 19.9 Å². The first-order valence-corrected chi connectivity index (χ1v) is 7.10. The van der Waals surface area contributed by atoms with Gasteiger partial charge in [0.2, 0.25) is 0 Å². The third-order valence-corrected chi connectivity index (χ3v) is 3.56. The summed E-state index contributed by atoms with van der Waals surface area (Å²) < 4.78 is 0.